The molecule has 1 aromatic rings. The molecular formula is C10H18N2O3S. The zero-order valence-electron chi connectivity index (χ0n) is 9.50. The number of hydrogen-bond acceptors (Lipinski definition) is 3. The first-order chi connectivity index (χ1) is 7.51. The summed E-state index contributed by atoms with van der Waals surface area (Å²) in [4.78, 5) is 0. The highest BCUT2D eigenvalue weighted by Gasteiger charge is 2.03. The number of imidazole rings is 1. The highest BCUT2D eigenvalue weighted by Crippen LogP contribution is 1.94. The predicted molar refractivity (Wildman–Crippen MR) is 58.7 cm³/mol. The van der Waals surface area contributed by atoms with Crippen LogP contribution in [0.2, 0.25) is 0 Å². The summed E-state index contributed by atoms with van der Waals surface area (Å²) >= 11 is 0. The number of rotatable bonds is 7. The van der Waals surface area contributed by atoms with Gasteiger partial charge >= 0.3 is 0 Å². The largest absolute Gasteiger partial charge is 0.748 e. The molecule has 0 saturated carbocycles. The van der Waals surface area contributed by atoms with Gasteiger partial charge in [-0.3, -0.25) is 0 Å². The van der Waals surface area contributed by atoms with E-state index in [0.717, 1.165) is 19.4 Å². The lowest BCUT2D eigenvalue weighted by Gasteiger charge is -2.04. The Labute approximate surface area is 96.5 Å². The molecule has 92 valence electrons. The van der Waals surface area contributed by atoms with Crippen LogP contribution in [-0.4, -0.2) is 23.3 Å². The normalized spacial score (nSPS) is 11.9. The van der Waals surface area contributed by atoms with E-state index in [0.29, 0.717) is 13.0 Å². The van der Waals surface area contributed by atoms with E-state index in [9.17, 15) is 13.0 Å². The van der Waals surface area contributed by atoms with E-state index >= 15 is 0 Å². The Balaban J connectivity index is 2.35. The minimum atomic E-state index is -4.07. The van der Waals surface area contributed by atoms with Crippen molar-refractivity contribution in [3.05, 3.63) is 18.7 Å². The molecule has 0 aliphatic carbocycles. The first kappa shape index (κ1) is 13.2. The van der Waals surface area contributed by atoms with E-state index in [2.05, 4.69) is 11.5 Å². The summed E-state index contributed by atoms with van der Waals surface area (Å²) in [7, 11) is -4.07. The predicted octanol–water partition coefficient (Wildman–Crippen LogP) is 0.511. The lowest BCUT2D eigenvalue weighted by Crippen LogP contribution is -2.32. The molecule has 1 aromatic heterocycles. The van der Waals surface area contributed by atoms with Gasteiger partial charge in [-0.2, -0.15) is 0 Å². The van der Waals surface area contributed by atoms with Crippen LogP contribution < -0.4 is 4.57 Å². The third-order valence-corrected chi connectivity index (χ3v) is 3.12. The Morgan fingerprint density at radius 3 is 2.75 bits per heavy atom. The van der Waals surface area contributed by atoms with Crippen molar-refractivity contribution in [2.75, 3.05) is 5.75 Å². The molecule has 6 heteroatoms. The summed E-state index contributed by atoms with van der Waals surface area (Å²) in [6.07, 6.45) is 8.44. The van der Waals surface area contributed by atoms with Crippen LogP contribution in [0.25, 0.3) is 0 Å². The summed E-state index contributed by atoms with van der Waals surface area (Å²) < 4.78 is 35.2. The Morgan fingerprint density at radius 2 is 2.12 bits per heavy atom. The first-order valence-corrected chi connectivity index (χ1v) is 7.07. The lowest BCUT2D eigenvalue weighted by molar-refractivity contribution is -0.696. The molecule has 16 heavy (non-hydrogen) atoms. The fourth-order valence-electron chi connectivity index (χ4n) is 1.47. The topological polar surface area (TPSA) is 66.0 Å². The molecule has 0 aliphatic rings. The number of aromatic nitrogens is 2. The lowest BCUT2D eigenvalue weighted by atomic mass is 10.3. The minimum absolute atomic E-state index is 0.292. The van der Waals surface area contributed by atoms with E-state index in [1.807, 2.05) is 23.3 Å². The second kappa shape index (κ2) is 6.00. The van der Waals surface area contributed by atoms with Crippen LogP contribution in [0.5, 0.6) is 0 Å². The summed E-state index contributed by atoms with van der Waals surface area (Å²) in [5.41, 5.74) is 0. The van der Waals surface area contributed by atoms with Crippen molar-refractivity contribution in [3.8, 4) is 0 Å². The van der Waals surface area contributed by atoms with Gasteiger partial charge in [0.2, 0.25) is 6.33 Å². The molecule has 0 aliphatic heterocycles. The molecule has 0 spiro atoms. The smallest absolute Gasteiger partial charge is 0.243 e. The Kier molecular flexibility index (Phi) is 4.95. The third-order valence-electron chi connectivity index (χ3n) is 2.33. The summed E-state index contributed by atoms with van der Waals surface area (Å²) in [6.45, 7) is 3.68. The van der Waals surface area contributed by atoms with E-state index in [1.54, 1.807) is 0 Å². The summed E-state index contributed by atoms with van der Waals surface area (Å²) in [5, 5.41) is 0. The van der Waals surface area contributed by atoms with E-state index in [-0.39, 0.29) is 5.75 Å². The van der Waals surface area contributed by atoms with Gasteiger partial charge in [-0.05, 0) is 12.8 Å². The highest BCUT2D eigenvalue weighted by atomic mass is 32.2. The SMILES string of the molecule is CCCCn1cc[n+](CCCS(=O)(=O)[O-])c1. The standard InChI is InChI=1S/C10H18N2O3S/c1-2-3-5-11-7-8-12(10-11)6-4-9-16(13,14)15/h7-8,10H,2-6,9H2,1H3. The van der Waals surface area contributed by atoms with Gasteiger partial charge in [-0.25, -0.2) is 17.6 Å². The monoisotopic (exact) mass is 246 g/mol. The molecule has 0 atom stereocenters. The number of hydrogen-bond donors (Lipinski definition) is 0. The van der Waals surface area contributed by atoms with Gasteiger partial charge in [-0.15, -0.1) is 0 Å². The van der Waals surface area contributed by atoms with Gasteiger partial charge in [0.15, 0.2) is 0 Å². The number of aryl methyl sites for hydroxylation is 2. The van der Waals surface area contributed by atoms with Crippen molar-refractivity contribution < 1.29 is 17.5 Å². The maximum atomic E-state index is 10.4. The molecule has 0 bridgehead atoms. The van der Waals surface area contributed by atoms with E-state index in [4.69, 9.17) is 0 Å². The minimum Gasteiger partial charge on any atom is -0.748 e. The van der Waals surface area contributed by atoms with Crippen LogP contribution in [0.4, 0.5) is 0 Å². The average molecular weight is 246 g/mol. The maximum Gasteiger partial charge on any atom is 0.243 e. The van der Waals surface area contributed by atoms with Crippen LogP contribution in [0, 0.1) is 0 Å². The average Bonchev–Trinajstić information content (AvgIpc) is 2.61. The fraction of sp³-hybridized carbons (Fsp3) is 0.700. The van der Waals surface area contributed by atoms with Crippen LogP contribution in [-0.2, 0) is 23.2 Å². The van der Waals surface area contributed by atoms with Gasteiger partial charge in [0, 0.05) is 5.75 Å². The van der Waals surface area contributed by atoms with Gasteiger partial charge in [-0.1, -0.05) is 13.3 Å². The van der Waals surface area contributed by atoms with Gasteiger partial charge in [0.25, 0.3) is 0 Å². The quantitative estimate of drug-likeness (QED) is 0.520. The zero-order chi connectivity index (χ0) is 12.0. The van der Waals surface area contributed by atoms with Crippen LogP contribution >= 0.6 is 0 Å². The molecule has 1 rings (SSSR count). The molecular weight excluding hydrogens is 228 g/mol. The van der Waals surface area contributed by atoms with Crippen molar-refractivity contribution in [2.24, 2.45) is 0 Å². The molecule has 0 unspecified atom stereocenters. The molecule has 0 fully saturated rings. The van der Waals surface area contributed by atoms with Gasteiger partial charge < -0.3 is 4.55 Å². The van der Waals surface area contributed by atoms with Crippen molar-refractivity contribution in [1.29, 1.82) is 0 Å². The van der Waals surface area contributed by atoms with Crippen molar-refractivity contribution in [3.63, 3.8) is 0 Å². The van der Waals surface area contributed by atoms with E-state index < -0.39 is 10.1 Å². The summed E-state index contributed by atoms with van der Waals surface area (Å²) in [6, 6.07) is 0. The summed E-state index contributed by atoms with van der Waals surface area (Å²) in [5.74, 6) is -0.292. The molecule has 0 saturated heterocycles. The van der Waals surface area contributed by atoms with Crippen molar-refractivity contribution in [2.45, 2.75) is 39.3 Å². The maximum absolute atomic E-state index is 10.4. The Morgan fingerprint density at radius 1 is 1.38 bits per heavy atom. The zero-order valence-corrected chi connectivity index (χ0v) is 10.3. The van der Waals surface area contributed by atoms with Crippen LogP contribution in [0.1, 0.15) is 26.2 Å². The van der Waals surface area contributed by atoms with Gasteiger partial charge in [0.1, 0.15) is 12.4 Å². The fourth-order valence-corrected chi connectivity index (χ4v) is 1.95. The molecule has 0 amide bonds. The van der Waals surface area contributed by atoms with Gasteiger partial charge in [0.05, 0.1) is 23.2 Å². The van der Waals surface area contributed by atoms with Crippen LogP contribution in [0.3, 0.4) is 0 Å². The second-order valence-corrected chi connectivity index (χ2v) is 5.38. The Hall–Kier alpha value is -0.880. The third kappa shape index (κ3) is 5.27. The molecule has 1 heterocycles. The molecule has 0 radical (unpaired) electrons. The van der Waals surface area contributed by atoms with Crippen LogP contribution in [0.15, 0.2) is 18.7 Å². The molecule has 0 N–H and O–H groups in total. The highest BCUT2D eigenvalue weighted by molar-refractivity contribution is 7.85. The second-order valence-electron chi connectivity index (χ2n) is 3.86. The Bertz CT molecular complexity index is 411. The molecule has 0 aromatic carbocycles. The number of nitrogens with zero attached hydrogens (tertiary/aromatic N) is 2. The first-order valence-electron chi connectivity index (χ1n) is 5.49. The van der Waals surface area contributed by atoms with Crippen molar-refractivity contribution >= 4 is 10.1 Å². The van der Waals surface area contributed by atoms with Crippen molar-refractivity contribution in [1.82, 2.24) is 4.57 Å². The van der Waals surface area contributed by atoms with E-state index in [1.165, 1.54) is 0 Å². The molecule has 5 nitrogen and oxygen atoms in total. The number of unbranched alkanes of at least 4 members (excludes halogenated alkanes) is 1.